The van der Waals surface area contributed by atoms with Gasteiger partial charge in [-0.2, -0.15) is 13.2 Å². The summed E-state index contributed by atoms with van der Waals surface area (Å²) >= 11 is 6.31. The number of aryl methyl sites for hydroxylation is 2. The van der Waals surface area contributed by atoms with Crippen LogP contribution in [0.15, 0.2) is 35.3 Å². The maximum atomic E-state index is 13.1. The van der Waals surface area contributed by atoms with Crippen molar-refractivity contribution >= 4 is 23.6 Å². The van der Waals surface area contributed by atoms with Crippen LogP contribution in [0.1, 0.15) is 34.7 Å². The summed E-state index contributed by atoms with van der Waals surface area (Å²) < 4.78 is 39.3. The van der Waals surface area contributed by atoms with E-state index in [1.165, 1.54) is 19.1 Å². The number of benzene rings is 2. The zero-order valence-electron chi connectivity index (χ0n) is 15.3. The Morgan fingerprint density at radius 2 is 1.81 bits per heavy atom. The average Bonchev–Trinajstić information content (AvgIpc) is 2.56. The van der Waals surface area contributed by atoms with E-state index >= 15 is 0 Å². The second-order valence-corrected chi connectivity index (χ2v) is 6.78. The minimum Gasteiger partial charge on any atom is -0.366 e. The minimum atomic E-state index is -4.35. The normalized spacial score (nSPS) is 12.0. The fourth-order valence-electron chi connectivity index (χ4n) is 2.54. The van der Waals surface area contributed by atoms with E-state index in [1.807, 2.05) is 31.9 Å². The first-order valence-electron chi connectivity index (χ1n) is 8.32. The van der Waals surface area contributed by atoms with Gasteiger partial charge in [0.15, 0.2) is 0 Å². The highest BCUT2D eigenvalue weighted by atomic mass is 35.5. The Labute approximate surface area is 157 Å². The van der Waals surface area contributed by atoms with Gasteiger partial charge in [-0.05, 0) is 67.6 Å². The van der Waals surface area contributed by atoms with Gasteiger partial charge in [-0.1, -0.05) is 23.7 Å². The Hall–Kier alpha value is -2.01. The quantitative estimate of drug-likeness (QED) is 0.445. The molecule has 2 aromatic carbocycles. The van der Waals surface area contributed by atoms with Gasteiger partial charge in [0.25, 0.3) is 0 Å². The van der Waals surface area contributed by atoms with Gasteiger partial charge in [-0.15, -0.1) is 0 Å². The summed E-state index contributed by atoms with van der Waals surface area (Å²) in [5, 5.41) is 0.481. The van der Waals surface area contributed by atoms with Crippen LogP contribution in [0.25, 0.3) is 0 Å². The molecule has 2 aromatic rings. The number of aliphatic imine (C=N–C) groups is 1. The van der Waals surface area contributed by atoms with Crippen molar-refractivity contribution in [3.63, 3.8) is 0 Å². The van der Waals surface area contributed by atoms with E-state index in [0.29, 0.717) is 22.7 Å². The molecular weight excluding hydrogens is 361 g/mol. The van der Waals surface area contributed by atoms with Gasteiger partial charge in [-0.3, -0.25) is 0 Å². The molecule has 0 spiro atoms. The molecule has 0 N–H and O–H groups in total. The Morgan fingerprint density at radius 1 is 1.12 bits per heavy atom. The Balaban J connectivity index is 2.31. The molecule has 0 radical (unpaired) electrons. The van der Waals surface area contributed by atoms with Gasteiger partial charge >= 0.3 is 6.18 Å². The standard InChI is InChI=1S/C20H22ClF3N2/c1-5-26(4)12-25-19-8-14(3)16(11-18(19)21)9-15-7-6-13(2)17(10-15)20(22,23)24/h6-8,10-12H,5,9H2,1-4H3. The van der Waals surface area contributed by atoms with Gasteiger partial charge < -0.3 is 4.90 Å². The lowest BCUT2D eigenvalue weighted by Gasteiger charge is -2.14. The van der Waals surface area contributed by atoms with Crippen molar-refractivity contribution in [2.24, 2.45) is 4.99 Å². The largest absolute Gasteiger partial charge is 0.416 e. The van der Waals surface area contributed by atoms with Crippen LogP contribution in [0.5, 0.6) is 0 Å². The first-order chi connectivity index (χ1) is 12.1. The van der Waals surface area contributed by atoms with Gasteiger partial charge in [0.05, 0.1) is 22.6 Å². The fraction of sp³-hybridized carbons (Fsp3) is 0.350. The maximum absolute atomic E-state index is 13.1. The summed E-state index contributed by atoms with van der Waals surface area (Å²) in [5.41, 5.74) is 2.70. The molecule has 0 bridgehead atoms. The molecule has 0 aliphatic carbocycles. The van der Waals surface area contributed by atoms with Crippen molar-refractivity contribution in [3.05, 3.63) is 63.2 Å². The van der Waals surface area contributed by atoms with Gasteiger partial charge in [-0.25, -0.2) is 4.99 Å². The summed E-state index contributed by atoms with van der Waals surface area (Å²) in [6.45, 7) is 6.22. The molecule has 2 rings (SSSR count). The summed E-state index contributed by atoms with van der Waals surface area (Å²) in [4.78, 5) is 6.28. The van der Waals surface area contributed by atoms with Crippen molar-refractivity contribution in [2.45, 2.75) is 33.4 Å². The first kappa shape index (κ1) is 20.3. The Bertz CT molecular complexity index is 813. The average molecular weight is 383 g/mol. The summed E-state index contributed by atoms with van der Waals surface area (Å²) in [7, 11) is 1.91. The van der Waals surface area contributed by atoms with Crippen molar-refractivity contribution in [3.8, 4) is 0 Å². The predicted octanol–water partition coefficient (Wildman–Crippen LogP) is 6.18. The minimum absolute atomic E-state index is 0.223. The second kappa shape index (κ2) is 8.12. The number of alkyl halides is 3. The van der Waals surface area contributed by atoms with E-state index in [0.717, 1.165) is 17.7 Å². The summed E-state index contributed by atoms with van der Waals surface area (Å²) in [5.74, 6) is 0. The van der Waals surface area contributed by atoms with Crippen LogP contribution < -0.4 is 0 Å². The molecular formula is C20H22ClF3N2. The maximum Gasteiger partial charge on any atom is 0.416 e. The summed E-state index contributed by atoms with van der Waals surface area (Å²) in [6.07, 6.45) is -2.26. The topological polar surface area (TPSA) is 15.6 Å². The molecule has 0 saturated carbocycles. The summed E-state index contributed by atoms with van der Waals surface area (Å²) in [6, 6.07) is 8.08. The monoisotopic (exact) mass is 382 g/mol. The van der Waals surface area contributed by atoms with Crippen molar-refractivity contribution in [2.75, 3.05) is 13.6 Å². The van der Waals surface area contributed by atoms with Crippen LogP contribution in [-0.4, -0.2) is 24.8 Å². The zero-order chi connectivity index (χ0) is 19.5. The third-order valence-corrected chi connectivity index (χ3v) is 4.60. The molecule has 0 fully saturated rings. The molecule has 26 heavy (non-hydrogen) atoms. The molecule has 0 atom stereocenters. The lowest BCUT2D eigenvalue weighted by molar-refractivity contribution is -0.138. The van der Waals surface area contributed by atoms with E-state index < -0.39 is 11.7 Å². The van der Waals surface area contributed by atoms with Crippen molar-refractivity contribution < 1.29 is 13.2 Å². The fourth-order valence-corrected chi connectivity index (χ4v) is 2.78. The van der Waals surface area contributed by atoms with Crippen molar-refractivity contribution in [1.29, 1.82) is 0 Å². The molecule has 6 heteroatoms. The second-order valence-electron chi connectivity index (χ2n) is 6.37. The zero-order valence-corrected chi connectivity index (χ0v) is 16.0. The third-order valence-electron chi connectivity index (χ3n) is 4.30. The molecule has 0 aromatic heterocycles. The molecule has 140 valence electrons. The third kappa shape index (κ3) is 5.01. The van der Waals surface area contributed by atoms with Crippen LogP contribution in [0.3, 0.4) is 0 Å². The SMILES string of the molecule is CCN(C)C=Nc1cc(C)c(Cc2ccc(C)c(C(F)(F)F)c2)cc1Cl. The van der Waals surface area contributed by atoms with Gasteiger partial charge in [0.1, 0.15) is 0 Å². The highest BCUT2D eigenvalue weighted by Crippen LogP contribution is 2.34. The number of hydrogen-bond donors (Lipinski definition) is 0. The number of halogens is 4. The molecule has 0 saturated heterocycles. The van der Waals surface area contributed by atoms with E-state index in [9.17, 15) is 13.2 Å². The highest BCUT2D eigenvalue weighted by Gasteiger charge is 2.32. The molecule has 0 unspecified atom stereocenters. The Kier molecular flexibility index (Phi) is 6.34. The number of hydrogen-bond acceptors (Lipinski definition) is 1. The predicted molar refractivity (Wildman–Crippen MR) is 102 cm³/mol. The van der Waals surface area contributed by atoms with Crippen LogP contribution >= 0.6 is 11.6 Å². The van der Waals surface area contributed by atoms with Gasteiger partial charge in [0, 0.05) is 13.6 Å². The molecule has 2 nitrogen and oxygen atoms in total. The van der Waals surface area contributed by atoms with E-state index in [2.05, 4.69) is 4.99 Å². The van der Waals surface area contributed by atoms with Crippen LogP contribution in [0.4, 0.5) is 18.9 Å². The number of rotatable bonds is 5. The molecule has 0 heterocycles. The smallest absolute Gasteiger partial charge is 0.366 e. The van der Waals surface area contributed by atoms with E-state index in [-0.39, 0.29) is 5.56 Å². The molecule has 0 aliphatic rings. The van der Waals surface area contributed by atoms with Crippen molar-refractivity contribution in [1.82, 2.24) is 4.90 Å². The highest BCUT2D eigenvalue weighted by molar-refractivity contribution is 6.33. The lowest BCUT2D eigenvalue weighted by atomic mass is 9.97. The first-order valence-corrected chi connectivity index (χ1v) is 8.69. The van der Waals surface area contributed by atoms with E-state index in [4.69, 9.17) is 11.6 Å². The van der Waals surface area contributed by atoms with Crippen LogP contribution in [0.2, 0.25) is 5.02 Å². The number of nitrogens with zero attached hydrogens (tertiary/aromatic N) is 2. The molecule has 0 amide bonds. The Morgan fingerprint density at radius 3 is 2.42 bits per heavy atom. The van der Waals surface area contributed by atoms with Crippen LogP contribution in [0, 0.1) is 13.8 Å². The van der Waals surface area contributed by atoms with Crippen LogP contribution in [-0.2, 0) is 12.6 Å². The lowest BCUT2D eigenvalue weighted by Crippen LogP contribution is -2.14. The van der Waals surface area contributed by atoms with Gasteiger partial charge in [0.2, 0.25) is 0 Å². The van der Waals surface area contributed by atoms with E-state index in [1.54, 1.807) is 18.5 Å². The molecule has 0 aliphatic heterocycles.